The molecule has 5 heterocycles. The molecule has 0 aliphatic carbocycles. The third-order valence-corrected chi connectivity index (χ3v) is 9.08. The number of hydrogen-bond acceptors (Lipinski definition) is 9. The number of hydrogen-bond donors (Lipinski definition) is 2. The van der Waals surface area contributed by atoms with Crippen LogP contribution in [0.15, 0.2) is 23.2 Å². The van der Waals surface area contributed by atoms with Gasteiger partial charge in [-0.25, -0.2) is 26.4 Å². The molecule has 10 nitrogen and oxygen atoms in total. The molecule has 3 aromatic rings. The number of anilines is 1. The molecule has 0 amide bonds. The number of aromatic nitrogens is 4. The van der Waals surface area contributed by atoms with Gasteiger partial charge in [-0.05, 0) is 33.8 Å². The fourth-order valence-corrected chi connectivity index (χ4v) is 6.71. The van der Waals surface area contributed by atoms with Gasteiger partial charge in [-0.3, -0.25) is 0 Å². The van der Waals surface area contributed by atoms with Crippen LogP contribution in [0.3, 0.4) is 0 Å². The number of piperazine rings is 1. The molecule has 3 aromatic heterocycles. The quantitative estimate of drug-likeness (QED) is 0.503. The molecule has 2 aliphatic rings. The largest absolute Gasteiger partial charge is 0.374 e. The highest BCUT2D eigenvalue weighted by Crippen LogP contribution is 2.35. The summed E-state index contributed by atoms with van der Waals surface area (Å²) < 4.78 is 63.1. The Balaban J connectivity index is 1.65. The summed E-state index contributed by atoms with van der Waals surface area (Å²) in [5.41, 5.74) is 0.162. The lowest BCUT2D eigenvalue weighted by Crippen LogP contribution is -2.65. The summed E-state index contributed by atoms with van der Waals surface area (Å²) in [5.74, 6) is 0.594. The Morgan fingerprint density at radius 1 is 1.23 bits per heavy atom. The van der Waals surface area contributed by atoms with Crippen molar-refractivity contribution in [3.63, 3.8) is 0 Å². The number of halogens is 2. The van der Waals surface area contributed by atoms with E-state index in [0.29, 0.717) is 30.0 Å². The predicted molar refractivity (Wildman–Crippen MR) is 127 cm³/mol. The monoisotopic (exact) mass is 527 g/mol. The summed E-state index contributed by atoms with van der Waals surface area (Å²) in [5, 5.41) is 15.3. The summed E-state index contributed by atoms with van der Waals surface area (Å²) in [7, 11) is -3.94. The normalized spacial score (nSPS) is 27.5. The molecule has 0 saturated carbocycles. The van der Waals surface area contributed by atoms with E-state index in [0.717, 1.165) is 11.3 Å². The summed E-state index contributed by atoms with van der Waals surface area (Å²) >= 11 is 0.761. The van der Waals surface area contributed by atoms with E-state index in [1.54, 1.807) is 17.5 Å². The van der Waals surface area contributed by atoms with Crippen molar-refractivity contribution in [3.05, 3.63) is 23.3 Å². The van der Waals surface area contributed by atoms with Gasteiger partial charge in [0.15, 0.2) is 10.0 Å². The van der Waals surface area contributed by atoms with Gasteiger partial charge in [0.05, 0.1) is 40.4 Å². The number of fused-ring (bicyclic) bond motifs is 1. The second-order valence-corrected chi connectivity index (χ2v) is 12.2. The lowest BCUT2D eigenvalue weighted by Gasteiger charge is -2.45. The van der Waals surface area contributed by atoms with E-state index in [1.165, 1.54) is 12.3 Å². The molecule has 35 heavy (non-hydrogen) atoms. The Morgan fingerprint density at radius 2 is 1.94 bits per heavy atom. The first kappa shape index (κ1) is 24.4. The maximum Gasteiger partial charge on any atom is 0.291 e. The first-order valence-electron chi connectivity index (χ1n) is 11.3. The second kappa shape index (κ2) is 8.69. The Bertz CT molecular complexity index is 1350. The van der Waals surface area contributed by atoms with Gasteiger partial charge in [0.2, 0.25) is 10.0 Å². The van der Waals surface area contributed by atoms with Crippen molar-refractivity contribution in [1.29, 1.82) is 0 Å². The Morgan fingerprint density at radius 3 is 2.51 bits per heavy atom. The molecule has 190 valence electrons. The zero-order valence-electron chi connectivity index (χ0n) is 19.7. The molecule has 2 aliphatic heterocycles. The summed E-state index contributed by atoms with van der Waals surface area (Å²) in [6.45, 7) is 9.29. The molecule has 14 heteroatoms. The summed E-state index contributed by atoms with van der Waals surface area (Å²) in [6, 6.07) is 3.45. The number of rotatable bonds is 6. The molecule has 0 spiro atoms. The fourth-order valence-electron chi connectivity index (χ4n) is 4.51. The molecule has 2 N–H and O–H groups in total. The number of nitrogens with zero attached hydrogens (tertiary/aromatic N) is 5. The Hall–Kier alpha value is -2.26. The van der Waals surface area contributed by atoms with Crippen LogP contribution in [0.4, 0.5) is 14.6 Å². The lowest BCUT2D eigenvalue weighted by molar-refractivity contribution is -0.120. The molecule has 0 radical (unpaired) electrons. The lowest BCUT2D eigenvalue weighted by atomic mass is 9.93. The van der Waals surface area contributed by atoms with E-state index in [2.05, 4.69) is 44.1 Å². The van der Waals surface area contributed by atoms with Crippen molar-refractivity contribution in [1.82, 2.24) is 29.9 Å². The van der Waals surface area contributed by atoms with Crippen molar-refractivity contribution >= 4 is 32.7 Å². The zero-order valence-corrected chi connectivity index (χ0v) is 21.3. The van der Waals surface area contributed by atoms with Gasteiger partial charge in [0.25, 0.3) is 6.43 Å². The topological polar surface area (TPSA) is 114 Å². The highest BCUT2D eigenvalue weighted by Gasteiger charge is 2.44. The second-order valence-electron chi connectivity index (χ2n) is 9.50. The predicted octanol–water partition coefficient (Wildman–Crippen LogP) is 2.43. The molecular formula is C21H27F2N7O3S2. The van der Waals surface area contributed by atoms with Gasteiger partial charge in [-0.1, -0.05) is 11.3 Å². The van der Waals surface area contributed by atoms with Crippen LogP contribution >= 0.6 is 11.3 Å². The van der Waals surface area contributed by atoms with Crippen LogP contribution in [-0.4, -0.2) is 71.7 Å². The molecule has 0 aromatic carbocycles. The van der Waals surface area contributed by atoms with Gasteiger partial charge >= 0.3 is 0 Å². The van der Waals surface area contributed by atoms with Crippen molar-refractivity contribution < 1.29 is 21.9 Å². The minimum atomic E-state index is -3.94. The van der Waals surface area contributed by atoms with Gasteiger partial charge in [0, 0.05) is 31.2 Å². The zero-order chi connectivity index (χ0) is 25.1. The smallest absolute Gasteiger partial charge is 0.291 e. The van der Waals surface area contributed by atoms with E-state index in [9.17, 15) is 17.2 Å². The van der Waals surface area contributed by atoms with Crippen LogP contribution in [0, 0.1) is 0 Å². The van der Waals surface area contributed by atoms with Crippen LogP contribution in [0.5, 0.6) is 0 Å². The molecule has 4 atom stereocenters. The molecule has 2 saturated heterocycles. The third kappa shape index (κ3) is 4.42. The van der Waals surface area contributed by atoms with Gasteiger partial charge in [0.1, 0.15) is 5.82 Å². The number of pyridine rings is 1. The van der Waals surface area contributed by atoms with Crippen LogP contribution in [0.25, 0.3) is 16.1 Å². The van der Waals surface area contributed by atoms with Crippen molar-refractivity contribution in [2.75, 3.05) is 24.6 Å². The summed E-state index contributed by atoms with van der Waals surface area (Å²) in [4.78, 5) is 2.13. The first-order valence-corrected chi connectivity index (χ1v) is 13.6. The van der Waals surface area contributed by atoms with E-state index < -0.39 is 27.0 Å². The maximum atomic E-state index is 13.5. The number of alkyl halides is 2. The van der Waals surface area contributed by atoms with Crippen LogP contribution in [-0.2, 0) is 14.8 Å². The fraction of sp³-hybridized carbons (Fsp3) is 0.571. The number of sulfonamides is 1. The van der Waals surface area contributed by atoms with Gasteiger partial charge < -0.3 is 15.0 Å². The molecule has 0 bridgehead atoms. The van der Waals surface area contributed by atoms with Crippen molar-refractivity contribution in [3.8, 4) is 10.6 Å². The van der Waals surface area contributed by atoms with Crippen LogP contribution in [0.1, 0.15) is 39.1 Å². The van der Waals surface area contributed by atoms with Gasteiger partial charge in [-0.2, -0.15) is 5.10 Å². The molecule has 2 unspecified atom stereocenters. The summed E-state index contributed by atoms with van der Waals surface area (Å²) in [6.07, 6.45) is -1.50. The number of nitrogens with one attached hydrogen (secondary N) is 2. The van der Waals surface area contributed by atoms with E-state index >= 15 is 0 Å². The van der Waals surface area contributed by atoms with E-state index in [4.69, 9.17) is 4.74 Å². The van der Waals surface area contributed by atoms with Crippen molar-refractivity contribution in [2.45, 2.75) is 62.7 Å². The Kier molecular flexibility index (Phi) is 6.07. The highest BCUT2D eigenvalue weighted by atomic mass is 32.2. The van der Waals surface area contributed by atoms with E-state index in [-0.39, 0.29) is 34.7 Å². The molecule has 2 fully saturated rings. The van der Waals surface area contributed by atoms with Crippen LogP contribution in [0.2, 0.25) is 0 Å². The third-order valence-electron chi connectivity index (χ3n) is 6.52. The molecular weight excluding hydrogens is 500 g/mol. The number of ether oxygens (including phenoxy) is 1. The molecule has 5 rings (SSSR count). The average Bonchev–Trinajstić information content (AvgIpc) is 3.43. The minimum Gasteiger partial charge on any atom is -0.374 e. The SMILES string of the molecule is CC1OCC1(C)NS(=O)(=O)c1cc(N2C[C@H](C)N[C@@H](C)C2)n2ncc(-c3nnc(C(F)F)s3)c2c1. The van der Waals surface area contributed by atoms with Crippen molar-refractivity contribution in [2.24, 2.45) is 0 Å². The highest BCUT2D eigenvalue weighted by molar-refractivity contribution is 7.89. The average molecular weight is 528 g/mol. The van der Waals surface area contributed by atoms with E-state index in [1.807, 2.05) is 6.92 Å². The standard InChI is InChI=1S/C21H27F2N7O3S2/c1-11-8-29(9-12(2)25-11)17-6-14(35(31,32)28-21(4)10-33-13(21)3)5-16-15(7-24-30(16)17)19-26-27-20(34-19)18(22)23/h5-7,11-13,18,25,28H,8-10H2,1-4H3/t11-,12-,13?,21?/m0/s1. The minimum absolute atomic E-state index is 0.0551. The maximum absolute atomic E-state index is 13.5. The van der Waals surface area contributed by atoms with Gasteiger partial charge in [-0.15, -0.1) is 10.2 Å². The Labute approximate surface area is 205 Å². The first-order chi connectivity index (χ1) is 16.5. The van der Waals surface area contributed by atoms with Crippen LogP contribution < -0.4 is 14.9 Å².